The molecule has 108 valence electrons. The van der Waals surface area contributed by atoms with Crippen LogP contribution in [-0.2, 0) is 4.79 Å². The van der Waals surface area contributed by atoms with Crippen LogP contribution in [0.4, 0.5) is 5.69 Å². The van der Waals surface area contributed by atoms with Crippen LogP contribution in [0.25, 0.3) is 0 Å². The van der Waals surface area contributed by atoms with Crippen LogP contribution in [0.15, 0.2) is 18.2 Å². The van der Waals surface area contributed by atoms with Gasteiger partial charge in [0.2, 0.25) is 5.91 Å². The highest BCUT2D eigenvalue weighted by molar-refractivity contribution is 6.10. The number of hydrogen-bond donors (Lipinski definition) is 0. The van der Waals surface area contributed by atoms with Gasteiger partial charge in [0.25, 0.3) is 0 Å². The summed E-state index contributed by atoms with van der Waals surface area (Å²) in [6.07, 6.45) is 0.814. The maximum atomic E-state index is 12.5. The van der Waals surface area contributed by atoms with Crippen LogP contribution in [-0.4, -0.2) is 25.3 Å². The molecule has 0 fully saturated rings. The first kappa shape index (κ1) is 14.6. The van der Waals surface area contributed by atoms with E-state index in [-0.39, 0.29) is 17.1 Å². The zero-order chi connectivity index (χ0) is 14.9. The number of ether oxygens (including phenoxy) is 1. The van der Waals surface area contributed by atoms with Crippen molar-refractivity contribution >= 4 is 17.4 Å². The molecule has 0 saturated carbocycles. The third-order valence-corrected chi connectivity index (χ3v) is 3.33. The van der Waals surface area contributed by atoms with E-state index in [1.165, 1.54) is 0 Å². The van der Waals surface area contributed by atoms with Gasteiger partial charge >= 0.3 is 0 Å². The van der Waals surface area contributed by atoms with E-state index in [9.17, 15) is 9.59 Å². The summed E-state index contributed by atoms with van der Waals surface area (Å²) in [5.41, 5.74) is 1.12. The molecular weight excluding hydrogens is 254 g/mol. The summed E-state index contributed by atoms with van der Waals surface area (Å²) in [6.45, 7) is 6.52. The van der Waals surface area contributed by atoms with E-state index >= 15 is 0 Å². The lowest BCUT2D eigenvalue weighted by atomic mass is 9.90. The molecule has 1 heterocycles. The Morgan fingerprint density at radius 2 is 2.05 bits per heavy atom. The minimum Gasteiger partial charge on any atom is -0.495 e. The van der Waals surface area contributed by atoms with Crippen LogP contribution >= 0.6 is 0 Å². The first-order chi connectivity index (χ1) is 9.33. The van der Waals surface area contributed by atoms with E-state index in [2.05, 4.69) is 0 Å². The van der Waals surface area contributed by atoms with E-state index in [4.69, 9.17) is 4.74 Å². The number of Topliss-reactive ketones (excluding diaryl/α,β-unsaturated/α-hetero) is 1. The van der Waals surface area contributed by atoms with Gasteiger partial charge in [-0.05, 0) is 17.5 Å². The van der Waals surface area contributed by atoms with Crippen LogP contribution < -0.4 is 9.64 Å². The third-order valence-electron chi connectivity index (χ3n) is 3.33. The fourth-order valence-electron chi connectivity index (χ4n) is 2.45. The molecule has 0 saturated heterocycles. The van der Waals surface area contributed by atoms with Gasteiger partial charge in [0.15, 0.2) is 5.78 Å². The van der Waals surface area contributed by atoms with Gasteiger partial charge in [0.05, 0.1) is 12.8 Å². The maximum Gasteiger partial charge on any atom is 0.227 e. The maximum absolute atomic E-state index is 12.5. The number of carbonyl (C=O) groups excluding carboxylic acids is 2. The van der Waals surface area contributed by atoms with E-state index in [1.54, 1.807) is 30.2 Å². The predicted molar refractivity (Wildman–Crippen MR) is 78.4 cm³/mol. The molecule has 1 aromatic carbocycles. The number of para-hydroxylation sites is 1. The Morgan fingerprint density at radius 3 is 2.65 bits per heavy atom. The van der Waals surface area contributed by atoms with E-state index in [0.29, 0.717) is 36.4 Å². The number of rotatable bonds is 2. The Hall–Kier alpha value is -1.84. The average Bonchev–Trinajstić information content (AvgIpc) is 2.36. The number of amides is 1. The summed E-state index contributed by atoms with van der Waals surface area (Å²) in [5.74, 6) is 0.687. The smallest absolute Gasteiger partial charge is 0.227 e. The lowest BCUT2D eigenvalue weighted by molar-refractivity contribution is -0.120. The molecule has 0 atom stereocenters. The number of methoxy groups -OCH3 is 1. The van der Waals surface area contributed by atoms with Gasteiger partial charge in [0, 0.05) is 24.9 Å². The zero-order valence-electron chi connectivity index (χ0n) is 12.5. The van der Waals surface area contributed by atoms with Crippen molar-refractivity contribution in [1.29, 1.82) is 0 Å². The van der Waals surface area contributed by atoms with Crippen LogP contribution in [0.3, 0.4) is 0 Å². The Bertz CT molecular complexity index is 543. The molecule has 0 bridgehead atoms. The highest BCUT2D eigenvalue weighted by atomic mass is 16.5. The number of fused-ring (bicyclic) bond motifs is 1. The molecule has 4 heteroatoms. The van der Waals surface area contributed by atoms with Crippen molar-refractivity contribution in [1.82, 2.24) is 0 Å². The molecule has 0 spiro atoms. The minimum atomic E-state index is -0.0826. The molecule has 20 heavy (non-hydrogen) atoms. The standard InChI is InChI=1S/C16H21NO3/c1-16(2,3)10-14(19)17-9-8-12(18)11-6-5-7-13(20-4)15(11)17/h5-7H,8-10H2,1-4H3. The van der Waals surface area contributed by atoms with Crippen molar-refractivity contribution in [2.45, 2.75) is 33.6 Å². The number of carbonyl (C=O) groups is 2. The number of ketones is 1. The molecule has 0 unspecified atom stereocenters. The van der Waals surface area contributed by atoms with Crippen molar-refractivity contribution in [3.63, 3.8) is 0 Å². The molecule has 1 aliphatic heterocycles. The number of benzene rings is 1. The predicted octanol–water partition coefficient (Wildman–Crippen LogP) is 3.05. The Balaban J connectivity index is 2.42. The van der Waals surface area contributed by atoms with Gasteiger partial charge in [-0.15, -0.1) is 0 Å². The zero-order valence-corrected chi connectivity index (χ0v) is 12.5. The molecule has 4 nitrogen and oxygen atoms in total. The van der Waals surface area contributed by atoms with Crippen molar-refractivity contribution in [3.05, 3.63) is 23.8 Å². The highest BCUT2D eigenvalue weighted by Crippen LogP contribution is 2.37. The molecule has 1 aliphatic rings. The lowest BCUT2D eigenvalue weighted by Crippen LogP contribution is -2.39. The average molecular weight is 275 g/mol. The Morgan fingerprint density at radius 1 is 1.35 bits per heavy atom. The van der Waals surface area contributed by atoms with Crippen LogP contribution in [0.1, 0.15) is 44.0 Å². The molecule has 0 aliphatic carbocycles. The summed E-state index contributed by atoms with van der Waals surface area (Å²) >= 11 is 0. The normalized spacial score (nSPS) is 15.0. The lowest BCUT2D eigenvalue weighted by Gasteiger charge is -2.32. The summed E-state index contributed by atoms with van der Waals surface area (Å²) in [4.78, 5) is 26.2. The first-order valence-electron chi connectivity index (χ1n) is 6.84. The number of nitrogens with zero attached hydrogens (tertiary/aromatic N) is 1. The largest absolute Gasteiger partial charge is 0.495 e. The Labute approximate surface area is 119 Å². The van der Waals surface area contributed by atoms with Gasteiger partial charge in [-0.1, -0.05) is 26.8 Å². The summed E-state index contributed by atoms with van der Waals surface area (Å²) in [5, 5.41) is 0. The second kappa shape index (κ2) is 5.27. The monoisotopic (exact) mass is 275 g/mol. The quantitative estimate of drug-likeness (QED) is 0.833. The molecule has 2 rings (SSSR count). The van der Waals surface area contributed by atoms with E-state index < -0.39 is 0 Å². The van der Waals surface area contributed by atoms with Gasteiger partial charge < -0.3 is 9.64 Å². The fourth-order valence-corrected chi connectivity index (χ4v) is 2.45. The summed E-state index contributed by atoms with van der Waals surface area (Å²) in [6, 6.07) is 5.33. The fraction of sp³-hybridized carbons (Fsp3) is 0.500. The first-order valence-corrected chi connectivity index (χ1v) is 6.84. The van der Waals surface area contributed by atoms with Crippen molar-refractivity contribution in [3.8, 4) is 5.75 Å². The summed E-state index contributed by atoms with van der Waals surface area (Å²) in [7, 11) is 1.56. The van der Waals surface area contributed by atoms with Crippen molar-refractivity contribution < 1.29 is 14.3 Å². The van der Waals surface area contributed by atoms with Gasteiger partial charge in [-0.25, -0.2) is 0 Å². The highest BCUT2D eigenvalue weighted by Gasteiger charge is 2.31. The SMILES string of the molecule is COc1cccc2c1N(C(=O)CC(C)(C)C)CCC2=O. The topological polar surface area (TPSA) is 46.6 Å². The van der Waals surface area contributed by atoms with Crippen LogP contribution in [0.5, 0.6) is 5.75 Å². The minimum absolute atomic E-state index is 0.0377. The van der Waals surface area contributed by atoms with Crippen LogP contribution in [0, 0.1) is 5.41 Å². The van der Waals surface area contributed by atoms with Gasteiger partial charge in [-0.3, -0.25) is 9.59 Å². The Kier molecular flexibility index (Phi) is 3.84. The van der Waals surface area contributed by atoms with Crippen LogP contribution in [0.2, 0.25) is 0 Å². The second-order valence-electron chi connectivity index (χ2n) is 6.31. The summed E-state index contributed by atoms with van der Waals surface area (Å²) < 4.78 is 5.33. The molecule has 1 amide bonds. The molecule has 0 aromatic heterocycles. The van der Waals surface area contributed by atoms with E-state index in [0.717, 1.165) is 0 Å². The second-order valence-corrected chi connectivity index (χ2v) is 6.31. The van der Waals surface area contributed by atoms with Gasteiger partial charge in [0.1, 0.15) is 5.75 Å². The number of anilines is 1. The molecule has 0 radical (unpaired) electrons. The van der Waals surface area contributed by atoms with E-state index in [1.807, 2.05) is 20.8 Å². The van der Waals surface area contributed by atoms with Crippen molar-refractivity contribution in [2.75, 3.05) is 18.6 Å². The van der Waals surface area contributed by atoms with Gasteiger partial charge in [-0.2, -0.15) is 0 Å². The van der Waals surface area contributed by atoms with Crippen molar-refractivity contribution in [2.24, 2.45) is 5.41 Å². The molecule has 1 aromatic rings. The third kappa shape index (κ3) is 2.84. The number of hydrogen-bond acceptors (Lipinski definition) is 3. The molecular formula is C16H21NO3. The molecule has 0 N–H and O–H groups in total.